The zero-order valence-electron chi connectivity index (χ0n) is 18.1. The minimum Gasteiger partial charge on any atom is -0.479 e. The summed E-state index contributed by atoms with van der Waals surface area (Å²) in [5.41, 5.74) is 4.08. The van der Waals surface area contributed by atoms with Crippen molar-refractivity contribution in [3.63, 3.8) is 0 Å². The minimum absolute atomic E-state index is 0.0843. The summed E-state index contributed by atoms with van der Waals surface area (Å²) in [6, 6.07) is 13.1. The van der Waals surface area contributed by atoms with E-state index < -0.39 is 12.1 Å². The number of fused-ring (bicyclic) bond motifs is 5. The molecule has 160 valence electrons. The first-order valence-corrected chi connectivity index (χ1v) is 10.4. The first-order valence-electron chi connectivity index (χ1n) is 10.4. The van der Waals surface area contributed by atoms with Gasteiger partial charge in [-0.25, -0.2) is 4.79 Å². The molecule has 0 fully saturated rings. The number of carbonyl (C=O) groups excluding carboxylic acids is 1. The number of aromatic nitrogens is 2. The summed E-state index contributed by atoms with van der Waals surface area (Å²) >= 11 is 0. The summed E-state index contributed by atoms with van der Waals surface area (Å²) in [6.45, 7) is 7.67. The number of esters is 1. The first-order chi connectivity index (χ1) is 15.4. The largest absolute Gasteiger partial charge is 0.479 e. The summed E-state index contributed by atoms with van der Waals surface area (Å²) in [5, 5.41) is 3.27. The molecule has 0 saturated carbocycles. The second-order valence-electron chi connectivity index (χ2n) is 8.10. The van der Waals surface area contributed by atoms with Gasteiger partial charge < -0.3 is 9.47 Å². The molecule has 32 heavy (non-hydrogen) atoms. The Labute approximate surface area is 184 Å². The highest BCUT2D eigenvalue weighted by Crippen LogP contribution is 2.39. The van der Waals surface area contributed by atoms with Crippen LogP contribution in [-0.4, -0.2) is 28.6 Å². The van der Waals surface area contributed by atoms with Crippen LogP contribution in [0.15, 0.2) is 65.6 Å². The van der Waals surface area contributed by atoms with Gasteiger partial charge in [-0.1, -0.05) is 30.4 Å². The highest BCUT2D eigenvalue weighted by atomic mass is 16.6. The van der Waals surface area contributed by atoms with E-state index in [0.29, 0.717) is 17.6 Å². The molecule has 6 nitrogen and oxygen atoms in total. The number of allylic oxidation sites excluding steroid dienone is 1. The van der Waals surface area contributed by atoms with Gasteiger partial charge in [0.25, 0.3) is 5.56 Å². The molecular weight excluding hydrogens is 404 g/mol. The van der Waals surface area contributed by atoms with Crippen molar-refractivity contribution < 1.29 is 14.3 Å². The average Bonchev–Trinajstić information content (AvgIpc) is 3.13. The number of hydrogen-bond acceptors (Lipinski definition) is 5. The van der Waals surface area contributed by atoms with Crippen molar-refractivity contribution in [3.8, 4) is 5.75 Å². The van der Waals surface area contributed by atoms with Crippen LogP contribution >= 0.6 is 0 Å². The van der Waals surface area contributed by atoms with Crippen molar-refractivity contribution >= 4 is 44.1 Å². The molecule has 0 N–H and O–H groups in total. The van der Waals surface area contributed by atoms with E-state index in [0.717, 1.165) is 43.8 Å². The Balaban J connectivity index is 1.93. The molecule has 5 rings (SSSR count). The number of benzene rings is 2. The van der Waals surface area contributed by atoms with Crippen molar-refractivity contribution in [3.05, 3.63) is 76.7 Å². The molecule has 0 amide bonds. The fraction of sp³-hybridized carbons (Fsp3) is 0.192. The molecule has 5 aromatic rings. The fourth-order valence-corrected chi connectivity index (χ4v) is 4.50. The van der Waals surface area contributed by atoms with E-state index in [1.165, 1.54) is 7.11 Å². The van der Waals surface area contributed by atoms with E-state index in [-0.39, 0.29) is 5.56 Å². The Morgan fingerprint density at radius 2 is 1.88 bits per heavy atom. The lowest BCUT2D eigenvalue weighted by atomic mass is 9.99. The molecule has 0 aliphatic heterocycles. The zero-order valence-corrected chi connectivity index (χ0v) is 18.1. The third-order valence-corrected chi connectivity index (χ3v) is 5.84. The second-order valence-corrected chi connectivity index (χ2v) is 8.10. The second kappa shape index (κ2) is 7.34. The van der Waals surface area contributed by atoms with Crippen LogP contribution < -0.4 is 10.3 Å². The molecule has 0 unspecified atom stereocenters. The van der Waals surface area contributed by atoms with E-state index in [2.05, 4.69) is 11.6 Å². The van der Waals surface area contributed by atoms with Crippen LogP contribution in [0.3, 0.4) is 0 Å². The van der Waals surface area contributed by atoms with Gasteiger partial charge in [-0.15, -0.1) is 0 Å². The van der Waals surface area contributed by atoms with Gasteiger partial charge in [0, 0.05) is 33.3 Å². The highest BCUT2D eigenvalue weighted by Gasteiger charge is 2.23. The molecular formula is C26H22N2O4. The van der Waals surface area contributed by atoms with Crippen LogP contribution in [0.4, 0.5) is 0 Å². The molecule has 3 aromatic heterocycles. The van der Waals surface area contributed by atoms with Crippen molar-refractivity contribution in [2.45, 2.75) is 26.4 Å². The summed E-state index contributed by atoms with van der Waals surface area (Å²) in [7, 11) is 1.33. The summed E-state index contributed by atoms with van der Waals surface area (Å²) < 4.78 is 12.6. The number of nitrogens with zero attached hydrogens (tertiary/aromatic N) is 2. The standard InChI is InChI=1S/C26H22N2O4/c1-14(2)13-19-21(32-15(3)26(30)31-4)10-9-20-22(19)18-11-12-27-23-16-7-5-6-8-17(16)25(29)28(20)24(18)23/h5-12,15H,1,13H2,2-4H3/t15-/m1/s1. The van der Waals surface area contributed by atoms with Crippen LogP contribution in [-0.2, 0) is 16.0 Å². The molecule has 0 saturated heterocycles. The SMILES string of the molecule is C=C(C)Cc1c(O[C@H](C)C(=O)OC)ccc2c1c1ccnc3c4ccccc4c(=O)n2c13. The fourth-order valence-electron chi connectivity index (χ4n) is 4.50. The van der Waals surface area contributed by atoms with Gasteiger partial charge in [-0.05, 0) is 44.5 Å². The zero-order chi connectivity index (χ0) is 22.6. The smallest absolute Gasteiger partial charge is 0.346 e. The molecule has 0 spiro atoms. The Bertz CT molecular complexity index is 1600. The lowest BCUT2D eigenvalue weighted by Crippen LogP contribution is -2.25. The van der Waals surface area contributed by atoms with Gasteiger partial charge in [0.15, 0.2) is 6.10 Å². The number of hydrogen-bond donors (Lipinski definition) is 0. The Hall–Kier alpha value is -3.93. The van der Waals surface area contributed by atoms with Crippen molar-refractivity contribution in [2.24, 2.45) is 0 Å². The van der Waals surface area contributed by atoms with Crippen molar-refractivity contribution in [2.75, 3.05) is 7.11 Å². The van der Waals surface area contributed by atoms with Gasteiger partial charge in [0.2, 0.25) is 0 Å². The number of ether oxygens (including phenoxy) is 2. The van der Waals surface area contributed by atoms with E-state index in [1.54, 1.807) is 17.5 Å². The van der Waals surface area contributed by atoms with Gasteiger partial charge in [0.1, 0.15) is 5.75 Å². The van der Waals surface area contributed by atoms with Gasteiger partial charge >= 0.3 is 5.97 Å². The van der Waals surface area contributed by atoms with Gasteiger partial charge in [0.05, 0.1) is 23.7 Å². The summed E-state index contributed by atoms with van der Waals surface area (Å²) in [5.74, 6) is 0.115. The van der Waals surface area contributed by atoms with Crippen LogP contribution in [0.25, 0.3) is 38.1 Å². The Morgan fingerprint density at radius 1 is 1.12 bits per heavy atom. The molecule has 2 aromatic carbocycles. The van der Waals surface area contributed by atoms with E-state index in [4.69, 9.17) is 9.47 Å². The van der Waals surface area contributed by atoms with Crippen molar-refractivity contribution in [1.29, 1.82) is 0 Å². The quantitative estimate of drug-likeness (QED) is 0.232. The molecule has 6 heteroatoms. The Morgan fingerprint density at radius 3 is 2.59 bits per heavy atom. The molecule has 3 heterocycles. The first kappa shape index (κ1) is 20.0. The number of rotatable bonds is 5. The number of pyridine rings is 2. The normalized spacial score (nSPS) is 12.6. The third-order valence-electron chi connectivity index (χ3n) is 5.84. The van der Waals surface area contributed by atoms with Crippen LogP contribution in [0.1, 0.15) is 19.4 Å². The maximum Gasteiger partial charge on any atom is 0.346 e. The van der Waals surface area contributed by atoms with Gasteiger partial charge in [-0.2, -0.15) is 0 Å². The maximum atomic E-state index is 13.5. The van der Waals surface area contributed by atoms with Crippen LogP contribution in [0.5, 0.6) is 5.75 Å². The maximum absolute atomic E-state index is 13.5. The lowest BCUT2D eigenvalue weighted by molar-refractivity contribution is -0.147. The molecule has 0 aliphatic rings. The average molecular weight is 426 g/mol. The summed E-state index contributed by atoms with van der Waals surface area (Å²) in [6.07, 6.45) is 1.54. The van der Waals surface area contributed by atoms with Crippen LogP contribution in [0, 0.1) is 0 Å². The number of methoxy groups -OCH3 is 1. The minimum atomic E-state index is -0.770. The van der Waals surface area contributed by atoms with E-state index in [9.17, 15) is 9.59 Å². The van der Waals surface area contributed by atoms with Crippen molar-refractivity contribution in [1.82, 2.24) is 9.38 Å². The predicted molar refractivity (Wildman–Crippen MR) is 126 cm³/mol. The predicted octanol–water partition coefficient (Wildman–Crippen LogP) is 4.65. The molecule has 0 radical (unpaired) electrons. The van der Waals surface area contributed by atoms with E-state index in [1.807, 2.05) is 49.4 Å². The molecule has 0 aliphatic carbocycles. The lowest BCUT2D eigenvalue weighted by Gasteiger charge is -2.17. The topological polar surface area (TPSA) is 69.9 Å². The molecule has 1 atom stereocenters. The highest BCUT2D eigenvalue weighted by molar-refractivity contribution is 6.19. The third kappa shape index (κ3) is 2.83. The summed E-state index contributed by atoms with van der Waals surface area (Å²) in [4.78, 5) is 30.1. The van der Waals surface area contributed by atoms with Crippen LogP contribution in [0.2, 0.25) is 0 Å². The van der Waals surface area contributed by atoms with Gasteiger partial charge in [-0.3, -0.25) is 14.2 Å². The molecule has 0 bridgehead atoms. The number of carbonyl (C=O) groups is 1. The van der Waals surface area contributed by atoms with E-state index >= 15 is 0 Å². The monoisotopic (exact) mass is 426 g/mol. The Kier molecular flexibility index (Phi) is 4.59.